The number of amides is 4. The van der Waals surface area contributed by atoms with Crippen molar-refractivity contribution in [1.29, 1.82) is 0 Å². The first-order chi connectivity index (χ1) is 20.9. The third kappa shape index (κ3) is 4.62. The van der Waals surface area contributed by atoms with Crippen molar-refractivity contribution in [3.8, 4) is 11.5 Å². The summed E-state index contributed by atoms with van der Waals surface area (Å²) in [6.45, 7) is 6.68. The van der Waals surface area contributed by atoms with E-state index in [1.165, 1.54) is 17.9 Å². The Hall–Kier alpha value is -3.93. The molecular formula is C32H29ClF4N2O6. The molecule has 238 valence electrons. The van der Waals surface area contributed by atoms with Gasteiger partial charge in [-0.05, 0) is 82.9 Å². The maximum atomic E-state index is 14.4. The normalized spacial score (nSPS) is 29.9. The molecule has 2 heterocycles. The Morgan fingerprint density at radius 3 is 2.29 bits per heavy atom. The molecule has 2 aromatic carbocycles. The molecule has 2 saturated heterocycles. The van der Waals surface area contributed by atoms with Crippen LogP contribution in [0.15, 0.2) is 48.0 Å². The first kappa shape index (κ1) is 31.1. The first-order valence-corrected chi connectivity index (χ1v) is 14.7. The van der Waals surface area contributed by atoms with Crippen LogP contribution < -0.4 is 9.64 Å². The minimum absolute atomic E-state index is 0.00925. The molecule has 2 aliphatic heterocycles. The molecule has 0 spiro atoms. The number of phenols is 1. The van der Waals surface area contributed by atoms with Crippen LogP contribution in [0.4, 0.5) is 23.2 Å². The standard InChI is InChI=1S/C32H29ClF4N2O6/c1-30(2,3)39-26(41)17-8-7-16-18(24(17)28(39)43)13-20-27(42)38(14-5-9-22(34)21(33)11-14)29(44)31(20,4)25(16)19-12-15(6-10-23(19)40)45-32(35,36)37/h5-7,9-12,17-18,20,24-25,40H,8,13H2,1-4H3/t17-,18+,20-,24-,25+,31+/m0/s1. The summed E-state index contributed by atoms with van der Waals surface area (Å²) in [7, 11) is 0. The van der Waals surface area contributed by atoms with Gasteiger partial charge in [0, 0.05) is 17.0 Å². The number of carbonyl (C=O) groups is 4. The number of benzene rings is 2. The smallest absolute Gasteiger partial charge is 0.508 e. The molecular weight excluding hydrogens is 620 g/mol. The largest absolute Gasteiger partial charge is 0.573 e. The number of hydrogen-bond donors (Lipinski definition) is 1. The second-order valence-corrected chi connectivity index (χ2v) is 13.6. The molecule has 4 amide bonds. The van der Waals surface area contributed by atoms with Crippen LogP contribution in [0.2, 0.25) is 5.02 Å². The van der Waals surface area contributed by atoms with Crippen molar-refractivity contribution in [3.05, 3.63) is 64.5 Å². The van der Waals surface area contributed by atoms with E-state index < -0.39 is 81.9 Å². The number of phenolic OH excluding ortho intramolecular Hbond substituents is 1. The highest BCUT2D eigenvalue weighted by atomic mass is 35.5. The number of halogens is 5. The lowest BCUT2D eigenvalue weighted by atomic mass is 9.51. The monoisotopic (exact) mass is 648 g/mol. The highest BCUT2D eigenvalue weighted by Gasteiger charge is 2.68. The predicted molar refractivity (Wildman–Crippen MR) is 152 cm³/mol. The minimum atomic E-state index is -5.06. The lowest BCUT2D eigenvalue weighted by Gasteiger charge is -2.49. The lowest BCUT2D eigenvalue weighted by Crippen LogP contribution is -2.49. The number of ether oxygens (including phenoxy) is 1. The van der Waals surface area contributed by atoms with Gasteiger partial charge in [-0.25, -0.2) is 9.29 Å². The minimum Gasteiger partial charge on any atom is -0.508 e. The van der Waals surface area contributed by atoms with Gasteiger partial charge < -0.3 is 9.84 Å². The molecule has 2 aromatic rings. The van der Waals surface area contributed by atoms with Gasteiger partial charge in [0.05, 0.1) is 33.9 Å². The van der Waals surface area contributed by atoms with Gasteiger partial charge in [0.25, 0.3) is 0 Å². The second kappa shape index (κ2) is 10.0. The highest BCUT2D eigenvalue weighted by Crippen LogP contribution is 2.64. The molecule has 45 heavy (non-hydrogen) atoms. The highest BCUT2D eigenvalue weighted by molar-refractivity contribution is 6.31. The zero-order valence-corrected chi connectivity index (χ0v) is 25.4. The molecule has 6 atom stereocenters. The zero-order chi connectivity index (χ0) is 33.0. The molecule has 0 aromatic heterocycles. The zero-order valence-electron chi connectivity index (χ0n) is 24.6. The molecule has 1 N–H and O–H groups in total. The van der Waals surface area contributed by atoms with Gasteiger partial charge in [-0.1, -0.05) is 23.3 Å². The Bertz CT molecular complexity index is 1700. The van der Waals surface area contributed by atoms with Crippen LogP contribution in [0, 0.1) is 34.9 Å². The molecule has 2 aliphatic carbocycles. The van der Waals surface area contributed by atoms with E-state index in [1.807, 2.05) is 0 Å². The quantitative estimate of drug-likeness (QED) is 0.245. The molecule has 1 saturated carbocycles. The van der Waals surface area contributed by atoms with Crippen molar-refractivity contribution >= 4 is 40.9 Å². The number of aromatic hydroxyl groups is 1. The van der Waals surface area contributed by atoms with E-state index >= 15 is 0 Å². The number of rotatable bonds is 3. The Kier molecular flexibility index (Phi) is 6.93. The van der Waals surface area contributed by atoms with Gasteiger partial charge in [-0.2, -0.15) is 0 Å². The number of imide groups is 2. The second-order valence-electron chi connectivity index (χ2n) is 13.2. The van der Waals surface area contributed by atoms with Crippen molar-refractivity contribution < 1.29 is 46.6 Å². The Balaban J connectivity index is 1.55. The van der Waals surface area contributed by atoms with E-state index in [0.29, 0.717) is 5.57 Å². The van der Waals surface area contributed by atoms with E-state index in [0.717, 1.165) is 35.2 Å². The molecule has 0 radical (unpaired) electrons. The summed E-state index contributed by atoms with van der Waals surface area (Å²) in [6, 6.07) is 6.25. The van der Waals surface area contributed by atoms with Gasteiger partial charge in [-0.3, -0.25) is 24.1 Å². The molecule has 6 rings (SSSR count). The summed E-state index contributed by atoms with van der Waals surface area (Å²) < 4.78 is 57.9. The SMILES string of the molecule is CC(C)(C)N1C(=O)[C@H]2[C@H](CC=C3[C@H]2C[C@H]2C(=O)N(c4ccc(F)c(Cl)c4)C(=O)[C@@]2(C)[C@H]3c2cc(OC(F)(F)F)ccc2O)C1=O. The fourth-order valence-corrected chi connectivity index (χ4v) is 8.03. The van der Waals surface area contributed by atoms with E-state index in [4.69, 9.17) is 11.6 Å². The third-order valence-corrected chi connectivity index (χ3v) is 9.94. The molecule has 13 heteroatoms. The van der Waals surface area contributed by atoms with Crippen LogP contribution in [0.3, 0.4) is 0 Å². The average Bonchev–Trinajstić information content (AvgIpc) is 3.30. The van der Waals surface area contributed by atoms with Crippen molar-refractivity contribution in [2.24, 2.45) is 29.1 Å². The van der Waals surface area contributed by atoms with Crippen molar-refractivity contribution in [1.82, 2.24) is 4.90 Å². The van der Waals surface area contributed by atoms with Gasteiger partial charge in [-0.15, -0.1) is 13.2 Å². The van der Waals surface area contributed by atoms with E-state index in [9.17, 15) is 41.8 Å². The number of hydrogen-bond acceptors (Lipinski definition) is 6. The summed E-state index contributed by atoms with van der Waals surface area (Å²) in [5.74, 6) is -8.80. The summed E-state index contributed by atoms with van der Waals surface area (Å²) >= 11 is 5.99. The number of anilines is 1. The third-order valence-electron chi connectivity index (χ3n) is 9.65. The molecule has 4 aliphatic rings. The van der Waals surface area contributed by atoms with Gasteiger partial charge in [0.15, 0.2) is 0 Å². The average molecular weight is 649 g/mol. The summed E-state index contributed by atoms with van der Waals surface area (Å²) in [5.41, 5.74) is -2.16. The van der Waals surface area contributed by atoms with E-state index in [2.05, 4.69) is 4.74 Å². The molecule has 8 nitrogen and oxygen atoms in total. The van der Waals surface area contributed by atoms with Crippen molar-refractivity contribution in [2.45, 2.75) is 58.4 Å². The Morgan fingerprint density at radius 1 is 0.978 bits per heavy atom. The van der Waals surface area contributed by atoms with Gasteiger partial charge in [0.1, 0.15) is 17.3 Å². The predicted octanol–water partition coefficient (Wildman–Crippen LogP) is 6.11. The number of nitrogens with zero attached hydrogens (tertiary/aromatic N) is 2. The van der Waals surface area contributed by atoms with E-state index in [-0.39, 0.29) is 35.0 Å². The fourth-order valence-electron chi connectivity index (χ4n) is 7.85. The first-order valence-electron chi connectivity index (χ1n) is 14.4. The number of allylic oxidation sites excluding steroid dienone is 2. The summed E-state index contributed by atoms with van der Waals surface area (Å²) in [5, 5.41) is 10.7. The van der Waals surface area contributed by atoms with E-state index in [1.54, 1.807) is 26.8 Å². The summed E-state index contributed by atoms with van der Waals surface area (Å²) in [6.07, 6.45) is -3.25. The van der Waals surface area contributed by atoms with Crippen LogP contribution in [-0.2, 0) is 19.2 Å². The Labute approximate surface area is 260 Å². The van der Waals surface area contributed by atoms with Crippen LogP contribution in [0.1, 0.15) is 52.0 Å². The molecule has 0 unspecified atom stereocenters. The van der Waals surface area contributed by atoms with Crippen LogP contribution >= 0.6 is 11.6 Å². The summed E-state index contributed by atoms with van der Waals surface area (Å²) in [4.78, 5) is 58.1. The van der Waals surface area contributed by atoms with Gasteiger partial charge >= 0.3 is 6.36 Å². The van der Waals surface area contributed by atoms with Crippen molar-refractivity contribution in [2.75, 3.05) is 4.90 Å². The number of alkyl halides is 3. The van der Waals surface area contributed by atoms with Crippen LogP contribution in [0.25, 0.3) is 0 Å². The number of likely N-dealkylation sites (tertiary alicyclic amines) is 1. The Morgan fingerprint density at radius 2 is 1.67 bits per heavy atom. The lowest BCUT2D eigenvalue weighted by molar-refractivity contribution is -0.274. The fraction of sp³-hybridized carbons (Fsp3) is 0.438. The van der Waals surface area contributed by atoms with Crippen LogP contribution in [-0.4, -0.2) is 45.5 Å². The number of fused-ring (bicyclic) bond motifs is 4. The van der Waals surface area contributed by atoms with Gasteiger partial charge in [0.2, 0.25) is 23.6 Å². The molecule has 0 bridgehead atoms. The van der Waals surface area contributed by atoms with Crippen LogP contribution in [0.5, 0.6) is 11.5 Å². The maximum Gasteiger partial charge on any atom is 0.573 e. The molecule has 3 fully saturated rings. The maximum absolute atomic E-state index is 14.4. The van der Waals surface area contributed by atoms with Crippen molar-refractivity contribution in [3.63, 3.8) is 0 Å². The topological polar surface area (TPSA) is 104 Å². The number of carbonyl (C=O) groups excluding carboxylic acids is 4.